The SMILES string of the molecule is CCOc1ccc(NC(=O)Cn2nc3n(CCC(C)C)c(=O)c4sccc4n3c2=O)cc1. The maximum absolute atomic E-state index is 13.1. The first-order chi connectivity index (χ1) is 15.4. The Bertz CT molecular complexity index is 1380. The summed E-state index contributed by atoms with van der Waals surface area (Å²) in [5.41, 5.74) is 0.478. The van der Waals surface area contributed by atoms with Gasteiger partial charge >= 0.3 is 5.69 Å². The molecule has 32 heavy (non-hydrogen) atoms. The van der Waals surface area contributed by atoms with Crippen LogP contribution in [0.4, 0.5) is 5.69 Å². The molecule has 1 aromatic carbocycles. The molecule has 0 saturated heterocycles. The first kappa shape index (κ1) is 21.8. The number of anilines is 1. The third kappa shape index (κ3) is 4.18. The van der Waals surface area contributed by atoms with Crippen molar-refractivity contribution < 1.29 is 9.53 Å². The predicted molar refractivity (Wildman–Crippen MR) is 125 cm³/mol. The number of rotatable bonds is 8. The van der Waals surface area contributed by atoms with Gasteiger partial charge in [0.1, 0.15) is 17.0 Å². The number of carbonyl (C=O) groups excluding carboxylic acids is 1. The van der Waals surface area contributed by atoms with Gasteiger partial charge in [-0.25, -0.2) is 13.9 Å². The normalized spacial score (nSPS) is 11.5. The lowest BCUT2D eigenvalue weighted by Gasteiger charge is -2.09. The molecule has 168 valence electrons. The van der Waals surface area contributed by atoms with Crippen LogP contribution < -0.4 is 21.3 Å². The van der Waals surface area contributed by atoms with E-state index >= 15 is 0 Å². The average Bonchev–Trinajstić information content (AvgIpc) is 3.35. The van der Waals surface area contributed by atoms with E-state index in [0.29, 0.717) is 40.7 Å². The maximum Gasteiger partial charge on any atom is 0.352 e. The van der Waals surface area contributed by atoms with Crippen molar-refractivity contribution in [2.24, 2.45) is 5.92 Å². The van der Waals surface area contributed by atoms with Crippen LogP contribution in [0, 0.1) is 5.92 Å². The Labute approximate surface area is 187 Å². The van der Waals surface area contributed by atoms with Gasteiger partial charge in [0.05, 0.1) is 12.1 Å². The summed E-state index contributed by atoms with van der Waals surface area (Å²) >= 11 is 1.30. The Kier molecular flexibility index (Phi) is 6.13. The summed E-state index contributed by atoms with van der Waals surface area (Å²) in [7, 11) is 0. The molecule has 10 heteroatoms. The van der Waals surface area contributed by atoms with Gasteiger partial charge < -0.3 is 10.1 Å². The maximum atomic E-state index is 13.1. The van der Waals surface area contributed by atoms with Gasteiger partial charge in [-0.05, 0) is 55.0 Å². The lowest BCUT2D eigenvalue weighted by Crippen LogP contribution is -2.29. The third-order valence-corrected chi connectivity index (χ3v) is 5.95. The third-order valence-electron chi connectivity index (χ3n) is 5.06. The first-order valence-corrected chi connectivity index (χ1v) is 11.4. The van der Waals surface area contributed by atoms with E-state index in [0.717, 1.165) is 11.1 Å². The van der Waals surface area contributed by atoms with Crippen molar-refractivity contribution in [2.75, 3.05) is 11.9 Å². The standard InChI is InChI=1S/C22H25N5O4S/c1-4-31-16-7-5-15(6-8-16)23-18(28)13-26-22(30)27-17-10-12-32-19(17)20(29)25(21(27)24-26)11-9-14(2)3/h5-8,10,12,14H,4,9,11,13H2,1-3H3,(H,23,28). The number of aromatic nitrogens is 4. The van der Waals surface area contributed by atoms with Crippen molar-refractivity contribution in [3.8, 4) is 5.75 Å². The van der Waals surface area contributed by atoms with Gasteiger partial charge in [-0.2, -0.15) is 0 Å². The largest absolute Gasteiger partial charge is 0.494 e. The van der Waals surface area contributed by atoms with Crippen molar-refractivity contribution in [2.45, 2.75) is 40.3 Å². The second kappa shape index (κ2) is 8.99. The van der Waals surface area contributed by atoms with Crippen molar-refractivity contribution in [3.05, 3.63) is 56.5 Å². The molecule has 0 fully saturated rings. The number of aryl methyl sites for hydroxylation is 1. The van der Waals surface area contributed by atoms with Gasteiger partial charge in [0.15, 0.2) is 0 Å². The number of fused-ring (bicyclic) bond motifs is 3. The fourth-order valence-electron chi connectivity index (χ4n) is 3.46. The highest BCUT2D eigenvalue weighted by Crippen LogP contribution is 2.18. The van der Waals surface area contributed by atoms with Crippen molar-refractivity contribution >= 4 is 38.9 Å². The van der Waals surface area contributed by atoms with E-state index in [1.165, 1.54) is 20.3 Å². The first-order valence-electron chi connectivity index (χ1n) is 10.5. The van der Waals surface area contributed by atoms with Gasteiger partial charge in [0, 0.05) is 12.2 Å². The van der Waals surface area contributed by atoms with Crippen LogP contribution in [0.5, 0.6) is 5.75 Å². The Morgan fingerprint density at radius 3 is 2.62 bits per heavy atom. The topological polar surface area (TPSA) is 99.6 Å². The molecule has 3 aromatic heterocycles. The molecule has 0 atom stereocenters. The zero-order chi connectivity index (χ0) is 22.8. The summed E-state index contributed by atoms with van der Waals surface area (Å²) in [5, 5.41) is 8.89. The second-order valence-electron chi connectivity index (χ2n) is 7.86. The van der Waals surface area contributed by atoms with Crippen molar-refractivity contribution in [3.63, 3.8) is 0 Å². The average molecular weight is 456 g/mol. The highest BCUT2D eigenvalue weighted by atomic mass is 32.1. The van der Waals surface area contributed by atoms with Crippen LogP contribution in [0.1, 0.15) is 27.2 Å². The number of hydrogen-bond acceptors (Lipinski definition) is 6. The molecule has 0 aliphatic heterocycles. The Morgan fingerprint density at radius 2 is 1.94 bits per heavy atom. The summed E-state index contributed by atoms with van der Waals surface area (Å²) < 4.78 is 9.94. The molecule has 3 heterocycles. The molecular formula is C22H25N5O4S. The molecule has 0 radical (unpaired) electrons. The number of ether oxygens (including phenoxy) is 1. The zero-order valence-electron chi connectivity index (χ0n) is 18.2. The van der Waals surface area contributed by atoms with Crippen LogP contribution in [0.15, 0.2) is 45.3 Å². The lowest BCUT2D eigenvalue weighted by molar-refractivity contribution is -0.117. The zero-order valence-corrected chi connectivity index (χ0v) is 19.0. The summed E-state index contributed by atoms with van der Waals surface area (Å²) in [6.07, 6.45) is 0.770. The van der Waals surface area contributed by atoms with E-state index in [4.69, 9.17) is 4.74 Å². The monoisotopic (exact) mass is 455 g/mol. The number of benzene rings is 1. The number of hydrogen-bond donors (Lipinski definition) is 1. The van der Waals surface area contributed by atoms with Crippen molar-refractivity contribution in [1.29, 1.82) is 0 Å². The number of carbonyl (C=O) groups is 1. The molecule has 9 nitrogen and oxygen atoms in total. The smallest absolute Gasteiger partial charge is 0.352 e. The van der Waals surface area contributed by atoms with Crippen LogP contribution >= 0.6 is 11.3 Å². The Balaban J connectivity index is 1.66. The van der Waals surface area contributed by atoms with Gasteiger partial charge in [0.25, 0.3) is 5.56 Å². The molecule has 0 bridgehead atoms. The molecule has 1 N–H and O–H groups in total. The van der Waals surface area contributed by atoms with Crippen LogP contribution in [0.25, 0.3) is 16.0 Å². The van der Waals surface area contributed by atoms with Crippen LogP contribution in [-0.4, -0.2) is 31.3 Å². The number of amides is 1. The molecular weight excluding hydrogens is 430 g/mol. The van der Waals surface area contributed by atoms with Crippen LogP contribution in [-0.2, 0) is 17.9 Å². The molecule has 0 spiro atoms. The summed E-state index contributed by atoms with van der Waals surface area (Å²) in [6, 6.07) is 8.71. The van der Waals surface area contributed by atoms with E-state index in [9.17, 15) is 14.4 Å². The predicted octanol–water partition coefficient (Wildman–Crippen LogP) is 2.96. The van der Waals surface area contributed by atoms with Crippen LogP contribution in [0.2, 0.25) is 0 Å². The fraction of sp³-hybridized carbons (Fsp3) is 0.364. The van der Waals surface area contributed by atoms with E-state index in [1.54, 1.807) is 35.7 Å². The van der Waals surface area contributed by atoms with Crippen LogP contribution in [0.3, 0.4) is 0 Å². The molecule has 0 aliphatic rings. The van der Waals surface area contributed by atoms with Gasteiger partial charge in [-0.15, -0.1) is 16.4 Å². The quantitative estimate of drug-likeness (QED) is 0.440. The molecule has 4 aromatic rings. The minimum absolute atomic E-state index is 0.167. The minimum atomic E-state index is -0.455. The van der Waals surface area contributed by atoms with Gasteiger partial charge in [0.2, 0.25) is 11.7 Å². The molecule has 0 saturated carbocycles. The lowest BCUT2D eigenvalue weighted by atomic mass is 10.1. The molecule has 1 amide bonds. The molecule has 0 unspecified atom stereocenters. The Morgan fingerprint density at radius 1 is 1.19 bits per heavy atom. The number of thiophene rings is 1. The van der Waals surface area contributed by atoms with E-state index in [-0.39, 0.29) is 17.9 Å². The molecule has 4 rings (SSSR count). The summed E-state index contributed by atoms with van der Waals surface area (Å²) in [6.45, 7) is 6.78. The fourth-order valence-corrected chi connectivity index (χ4v) is 4.29. The summed E-state index contributed by atoms with van der Waals surface area (Å²) in [5.74, 6) is 0.952. The van der Waals surface area contributed by atoms with Gasteiger partial charge in [-0.3, -0.25) is 14.2 Å². The second-order valence-corrected chi connectivity index (χ2v) is 8.77. The van der Waals surface area contributed by atoms with Crippen molar-refractivity contribution in [1.82, 2.24) is 18.7 Å². The highest BCUT2D eigenvalue weighted by molar-refractivity contribution is 7.17. The number of nitrogens with one attached hydrogen (secondary N) is 1. The minimum Gasteiger partial charge on any atom is -0.494 e. The molecule has 0 aliphatic carbocycles. The summed E-state index contributed by atoms with van der Waals surface area (Å²) in [4.78, 5) is 38.7. The Hall–Kier alpha value is -3.40. The highest BCUT2D eigenvalue weighted by Gasteiger charge is 2.19. The van der Waals surface area contributed by atoms with E-state index < -0.39 is 11.6 Å². The van der Waals surface area contributed by atoms with Gasteiger partial charge in [-0.1, -0.05) is 13.8 Å². The number of nitrogens with zero attached hydrogens (tertiary/aromatic N) is 4. The van der Waals surface area contributed by atoms with E-state index in [1.807, 2.05) is 6.92 Å². The van der Waals surface area contributed by atoms with E-state index in [2.05, 4.69) is 24.3 Å².